The fourth-order valence-electron chi connectivity index (χ4n) is 1.17. The average Bonchev–Trinajstić information content (AvgIpc) is 2.12. The molecule has 0 aromatic heterocycles. The zero-order valence-corrected chi connectivity index (χ0v) is 8.60. The molecule has 1 atom stereocenters. The molecule has 0 saturated heterocycles. The van der Waals surface area contributed by atoms with Crippen LogP contribution in [0.15, 0.2) is 0 Å². The molecule has 0 heterocycles. The van der Waals surface area contributed by atoms with Gasteiger partial charge in [0.05, 0.1) is 0 Å². The van der Waals surface area contributed by atoms with E-state index < -0.39 is 0 Å². The zero-order chi connectivity index (χ0) is 9.45. The number of hydrogen-bond acceptors (Lipinski definition) is 2. The summed E-state index contributed by atoms with van der Waals surface area (Å²) in [5.41, 5.74) is 0.133. The Morgan fingerprint density at radius 3 is 2.42 bits per heavy atom. The maximum absolute atomic E-state index is 9.11. The van der Waals surface area contributed by atoms with Crippen LogP contribution < -0.4 is 0 Å². The molecule has 0 aliphatic heterocycles. The van der Waals surface area contributed by atoms with E-state index in [1.807, 2.05) is 0 Å². The van der Waals surface area contributed by atoms with Crippen molar-refractivity contribution in [2.24, 2.45) is 5.41 Å². The van der Waals surface area contributed by atoms with Gasteiger partial charge in [0.15, 0.2) is 0 Å². The highest BCUT2D eigenvalue weighted by molar-refractivity contribution is 4.70. The van der Waals surface area contributed by atoms with E-state index in [0.29, 0.717) is 6.61 Å². The van der Waals surface area contributed by atoms with Crippen LogP contribution >= 0.6 is 0 Å². The molecule has 0 saturated carbocycles. The average molecular weight is 174 g/mol. The van der Waals surface area contributed by atoms with E-state index in [2.05, 4.69) is 13.8 Å². The number of aliphatic hydroxyl groups is 1. The summed E-state index contributed by atoms with van der Waals surface area (Å²) in [4.78, 5) is 0. The van der Waals surface area contributed by atoms with Crippen LogP contribution in [-0.4, -0.2) is 25.4 Å². The van der Waals surface area contributed by atoms with E-state index >= 15 is 0 Å². The van der Waals surface area contributed by atoms with Crippen LogP contribution in [0.1, 0.15) is 39.5 Å². The Balaban J connectivity index is 3.45. The molecule has 1 unspecified atom stereocenters. The van der Waals surface area contributed by atoms with Gasteiger partial charge in [0, 0.05) is 20.3 Å². The lowest BCUT2D eigenvalue weighted by Gasteiger charge is -2.25. The first-order chi connectivity index (χ1) is 5.68. The number of rotatable bonds is 7. The van der Waals surface area contributed by atoms with Crippen molar-refractivity contribution in [3.05, 3.63) is 0 Å². The SMILES string of the molecule is CCC(C)(CO)CCCCOC. The molecule has 0 radical (unpaired) electrons. The summed E-state index contributed by atoms with van der Waals surface area (Å²) in [7, 11) is 1.73. The molecule has 0 amide bonds. The lowest BCUT2D eigenvalue weighted by Crippen LogP contribution is -2.20. The molecule has 0 rings (SSSR count). The largest absolute Gasteiger partial charge is 0.396 e. The van der Waals surface area contributed by atoms with Crippen molar-refractivity contribution in [2.75, 3.05) is 20.3 Å². The van der Waals surface area contributed by atoms with Gasteiger partial charge in [-0.15, -0.1) is 0 Å². The highest BCUT2D eigenvalue weighted by Crippen LogP contribution is 2.26. The molecule has 2 heteroatoms. The van der Waals surface area contributed by atoms with Crippen LogP contribution in [0.2, 0.25) is 0 Å². The Morgan fingerprint density at radius 1 is 1.33 bits per heavy atom. The monoisotopic (exact) mass is 174 g/mol. The minimum atomic E-state index is 0.133. The second-order valence-corrected chi connectivity index (χ2v) is 3.77. The first-order valence-corrected chi connectivity index (χ1v) is 4.78. The Kier molecular flexibility index (Phi) is 6.39. The fourth-order valence-corrected chi connectivity index (χ4v) is 1.17. The lowest BCUT2D eigenvalue weighted by atomic mass is 9.83. The van der Waals surface area contributed by atoms with Gasteiger partial charge in [-0.05, 0) is 24.7 Å². The number of ether oxygens (including phenoxy) is 1. The van der Waals surface area contributed by atoms with E-state index in [-0.39, 0.29) is 5.41 Å². The minimum Gasteiger partial charge on any atom is -0.396 e. The molecule has 0 bridgehead atoms. The number of methoxy groups -OCH3 is 1. The van der Waals surface area contributed by atoms with Crippen molar-refractivity contribution in [1.82, 2.24) is 0 Å². The van der Waals surface area contributed by atoms with Crippen LogP contribution in [0.5, 0.6) is 0 Å². The van der Waals surface area contributed by atoms with Gasteiger partial charge in [0.25, 0.3) is 0 Å². The van der Waals surface area contributed by atoms with Crippen molar-refractivity contribution in [1.29, 1.82) is 0 Å². The summed E-state index contributed by atoms with van der Waals surface area (Å²) < 4.78 is 4.96. The summed E-state index contributed by atoms with van der Waals surface area (Å²) in [6.45, 7) is 5.41. The van der Waals surface area contributed by atoms with E-state index in [0.717, 1.165) is 32.3 Å². The van der Waals surface area contributed by atoms with Crippen molar-refractivity contribution in [3.8, 4) is 0 Å². The highest BCUT2D eigenvalue weighted by atomic mass is 16.5. The molecule has 0 aromatic rings. The molecule has 0 spiro atoms. The van der Waals surface area contributed by atoms with Gasteiger partial charge in [0.2, 0.25) is 0 Å². The van der Waals surface area contributed by atoms with Crippen molar-refractivity contribution in [3.63, 3.8) is 0 Å². The van der Waals surface area contributed by atoms with Crippen molar-refractivity contribution >= 4 is 0 Å². The third-order valence-corrected chi connectivity index (χ3v) is 2.61. The van der Waals surface area contributed by atoms with E-state index in [4.69, 9.17) is 9.84 Å². The molecule has 0 aromatic carbocycles. The fraction of sp³-hybridized carbons (Fsp3) is 1.00. The maximum atomic E-state index is 9.11. The van der Waals surface area contributed by atoms with E-state index in [1.54, 1.807) is 7.11 Å². The smallest absolute Gasteiger partial charge is 0.0484 e. The predicted octanol–water partition coefficient (Wildman–Crippen LogP) is 2.21. The van der Waals surface area contributed by atoms with Gasteiger partial charge in [-0.3, -0.25) is 0 Å². The molecule has 0 aliphatic carbocycles. The lowest BCUT2D eigenvalue weighted by molar-refractivity contribution is 0.119. The molecule has 2 nitrogen and oxygen atoms in total. The first-order valence-electron chi connectivity index (χ1n) is 4.78. The van der Waals surface area contributed by atoms with Crippen LogP contribution in [0.3, 0.4) is 0 Å². The first kappa shape index (κ1) is 11.9. The standard InChI is InChI=1S/C10H22O2/c1-4-10(2,9-11)7-5-6-8-12-3/h11H,4-9H2,1-3H3. The van der Waals surface area contributed by atoms with Gasteiger partial charge >= 0.3 is 0 Å². The van der Waals surface area contributed by atoms with E-state index in [9.17, 15) is 0 Å². The predicted molar refractivity (Wildman–Crippen MR) is 51.2 cm³/mol. The minimum absolute atomic E-state index is 0.133. The van der Waals surface area contributed by atoms with E-state index in [1.165, 1.54) is 0 Å². The molecule has 1 N–H and O–H groups in total. The second kappa shape index (κ2) is 6.44. The summed E-state index contributed by atoms with van der Waals surface area (Å²) >= 11 is 0. The summed E-state index contributed by atoms with van der Waals surface area (Å²) in [6, 6.07) is 0. The third-order valence-electron chi connectivity index (χ3n) is 2.61. The molecule has 12 heavy (non-hydrogen) atoms. The molecule has 74 valence electrons. The summed E-state index contributed by atoms with van der Waals surface area (Å²) in [5, 5.41) is 9.11. The van der Waals surface area contributed by atoms with Crippen molar-refractivity contribution in [2.45, 2.75) is 39.5 Å². The van der Waals surface area contributed by atoms with Gasteiger partial charge in [-0.2, -0.15) is 0 Å². The summed E-state index contributed by atoms with van der Waals surface area (Å²) in [6.07, 6.45) is 4.41. The van der Waals surface area contributed by atoms with Crippen molar-refractivity contribution < 1.29 is 9.84 Å². The third kappa shape index (κ3) is 4.73. The molecule has 0 fully saturated rings. The van der Waals surface area contributed by atoms with Crippen LogP contribution in [0, 0.1) is 5.41 Å². The van der Waals surface area contributed by atoms with Gasteiger partial charge in [-0.1, -0.05) is 20.3 Å². The topological polar surface area (TPSA) is 29.5 Å². The Hall–Kier alpha value is -0.0800. The van der Waals surface area contributed by atoms with Crippen LogP contribution in [0.25, 0.3) is 0 Å². The highest BCUT2D eigenvalue weighted by Gasteiger charge is 2.19. The Labute approximate surface area is 75.9 Å². The molecule has 0 aliphatic rings. The Morgan fingerprint density at radius 2 is 2.00 bits per heavy atom. The van der Waals surface area contributed by atoms with Gasteiger partial charge < -0.3 is 9.84 Å². The maximum Gasteiger partial charge on any atom is 0.0484 e. The van der Waals surface area contributed by atoms with Crippen LogP contribution in [0.4, 0.5) is 0 Å². The normalized spacial score (nSPS) is 16.0. The summed E-state index contributed by atoms with van der Waals surface area (Å²) in [5.74, 6) is 0. The molecular formula is C10H22O2. The van der Waals surface area contributed by atoms with Gasteiger partial charge in [-0.25, -0.2) is 0 Å². The molecular weight excluding hydrogens is 152 g/mol. The quantitative estimate of drug-likeness (QED) is 0.600. The number of hydrogen-bond donors (Lipinski definition) is 1. The zero-order valence-electron chi connectivity index (χ0n) is 8.60. The van der Waals surface area contributed by atoms with Gasteiger partial charge in [0.1, 0.15) is 0 Å². The Bertz CT molecular complexity index is 98.0. The van der Waals surface area contributed by atoms with Crippen LogP contribution in [-0.2, 0) is 4.74 Å². The number of aliphatic hydroxyl groups excluding tert-OH is 1. The second-order valence-electron chi connectivity index (χ2n) is 3.77. The number of unbranched alkanes of at least 4 members (excludes halogenated alkanes) is 1.